The first-order valence-corrected chi connectivity index (χ1v) is 17.5. The van der Waals surface area contributed by atoms with Gasteiger partial charge in [-0.2, -0.15) is 0 Å². The first-order valence-electron chi connectivity index (χ1n) is 17.5. The van der Waals surface area contributed by atoms with Crippen molar-refractivity contribution in [3.63, 3.8) is 0 Å². The molecule has 0 N–H and O–H groups in total. The number of hydrogen-bond acceptors (Lipinski definition) is 0. The van der Waals surface area contributed by atoms with E-state index < -0.39 is 11.1 Å². The molecule has 0 radical (unpaired) electrons. The monoisotopic (exact) mass is 634 g/mol. The normalized spacial score (nSPS) is 17.0. The van der Waals surface area contributed by atoms with E-state index in [4.69, 9.17) is 0 Å². The highest BCUT2D eigenvalue weighted by molar-refractivity contribution is 5.93. The summed E-state index contributed by atoms with van der Waals surface area (Å²) in [7, 11) is 0. The highest BCUT2D eigenvalue weighted by Gasteiger charge is 2.73. The third-order valence-electron chi connectivity index (χ3n) is 11.9. The molecule has 4 aliphatic rings. The molecule has 50 heavy (non-hydrogen) atoms. The van der Waals surface area contributed by atoms with Gasteiger partial charge in [-0.05, 0) is 79.9 Å². The summed E-state index contributed by atoms with van der Waals surface area (Å²) >= 11 is 0. The smallest absolute Gasteiger partial charge is 0.126 e. The number of nitrogens with zero attached hydrogens (tertiary/aromatic N) is 2. The molecule has 2 aromatic heterocycles. The first kappa shape index (κ1) is 26.6. The molecule has 2 aliphatic carbocycles. The van der Waals surface area contributed by atoms with E-state index in [1.165, 1.54) is 89.3 Å². The maximum absolute atomic E-state index is 2.58. The van der Waals surface area contributed by atoms with Gasteiger partial charge in [0.25, 0.3) is 0 Å². The summed E-state index contributed by atoms with van der Waals surface area (Å²) in [6.45, 7) is 0. The summed E-state index contributed by atoms with van der Waals surface area (Å²) in [6.07, 6.45) is 4.66. The molecule has 1 unspecified atom stereocenters. The molecule has 6 aromatic carbocycles. The van der Waals surface area contributed by atoms with Crippen molar-refractivity contribution in [2.75, 3.05) is 0 Å². The van der Waals surface area contributed by atoms with Crippen LogP contribution in [0.3, 0.4) is 0 Å². The molecule has 0 fully saturated rings. The summed E-state index contributed by atoms with van der Waals surface area (Å²) in [6, 6.07) is 63.6. The van der Waals surface area contributed by atoms with E-state index in [2.05, 4.69) is 191 Å². The molecule has 1 atom stereocenters. The number of rotatable bonds is 2. The van der Waals surface area contributed by atoms with Crippen LogP contribution in [0.15, 0.2) is 182 Å². The largest absolute Gasteiger partial charge is 0.418 e. The van der Waals surface area contributed by atoms with Crippen LogP contribution in [0, 0.1) is 0 Å². The average molecular weight is 635 g/mol. The minimum atomic E-state index is -0.579. The molecule has 230 valence electrons. The molecule has 0 saturated carbocycles. The van der Waals surface area contributed by atoms with Gasteiger partial charge in [0.05, 0.1) is 16.5 Å². The van der Waals surface area contributed by atoms with Gasteiger partial charge in [0.2, 0.25) is 11.4 Å². The predicted molar refractivity (Wildman–Crippen MR) is 197 cm³/mol. The van der Waals surface area contributed by atoms with Crippen LogP contribution in [0.25, 0.3) is 55.9 Å². The minimum Gasteiger partial charge on any atom is -0.126 e. The summed E-state index contributed by atoms with van der Waals surface area (Å²) in [4.78, 5) is 0. The molecule has 2 nitrogen and oxygen atoms in total. The van der Waals surface area contributed by atoms with Crippen LogP contribution < -0.4 is 9.13 Å². The Kier molecular flexibility index (Phi) is 4.88. The van der Waals surface area contributed by atoms with Crippen molar-refractivity contribution in [2.45, 2.75) is 11.1 Å². The van der Waals surface area contributed by atoms with Crippen LogP contribution in [-0.4, -0.2) is 0 Å². The van der Waals surface area contributed by atoms with E-state index in [0.29, 0.717) is 0 Å². The highest BCUT2D eigenvalue weighted by atomic mass is 15.3. The minimum absolute atomic E-state index is 0.496. The van der Waals surface area contributed by atoms with Crippen LogP contribution in [-0.2, 0) is 11.1 Å². The van der Waals surface area contributed by atoms with Crippen molar-refractivity contribution < 1.29 is 9.13 Å². The first-order chi connectivity index (χ1) is 24.8. The Morgan fingerprint density at radius 3 is 1.64 bits per heavy atom. The molecular formula is C48H30N2+2. The van der Waals surface area contributed by atoms with Gasteiger partial charge in [0.1, 0.15) is 11.1 Å². The molecule has 2 heteroatoms. The second-order valence-corrected chi connectivity index (χ2v) is 14.0. The molecular weight excluding hydrogens is 605 g/mol. The van der Waals surface area contributed by atoms with Gasteiger partial charge in [0, 0.05) is 24.3 Å². The van der Waals surface area contributed by atoms with Crippen LogP contribution in [0.5, 0.6) is 0 Å². The molecule has 2 spiro atoms. The molecule has 12 rings (SSSR count). The molecule has 0 saturated heterocycles. The molecule has 0 bridgehead atoms. The van der Waals surface area contributed by atoms with E-state index in [0.717, 1.165) is 0 Å². The third kappa shape index (κ3) is 2.91. The van der Waals surface area contributed by atoms with Crippen molar-refractivity contribution in [1.82, 2.24) is 0 Å². The van der Waals surface area contributed by atoms with Gasteiger partial charge in [-0.3, -0.25) is 0 Å². The van der Waals surface area contributed by atoms with Gasteiger partial charge >= 0.3 is 5.66 Å². The van der Waals surface area contributed by atoms with E-state index in [-0.39, 0.29) is 0 Å². The van der Waals surface area contributed by atoms with Crippen LogP contribution in [0.2, 0.25) is 0 Å². The molecule has 8 aromatic rings. The van der Waals surface area contributed by atoms with Gasteiger partial charge in [-0.25, -0.2) is 0 Å². The van der Waals surface area contributed by atoms with Crippen molar-refractivity contribution in [2.24, 2.45) is 0 Å². The Bertz CT molecular complexity index is 2720. The van der Waals surface area contributed by atoms with Crippen molar-refractivity contribution in [1.29, 1.82) is 0 Å². The summed E-state index contributed by atoms with van der Waals surface area (Å²) in [5, 5.41) is 0. The fraction of sp³-hybridized carbons (Fsp3) is 0.0417. The third-order valence-corrected chi connectivity index (χ3v) is 11.9. The lowest BCUT2D eigenvalue weighted by molar-refractivity contribution is -0.955. The lowest BCUT2D eigenvalue weighted by Crippen LogP contribution is -2.73. The van der Waals surface area contributed by atoms with E-state index in [1.54, 1.807) is 0 Å². The lowest BCUT2D eigenvalue weighted by Gasteiger charge is -2.41. The predicted octanol–water partition coefficient (Wildman–Crippen LogP) is 9.53. The van der Waals surface area contributed by atoms with Crippen LogP contribution >= 0.6 is 0 Å². The van der Waals surface area contributed by atoms with E-state index >= 15 is 0 Å². The summed E-state index contributed by atoms with van der Waals surface area (Å²) in [5.41, 5.74) is 19.8. The Morgan fingerprint density at radius 1 is 0.320 bits per heavy atom. The lowest BCUT2D eigenvalue weighted by atomic mass is 9.58. The molecule has 4 heterocycles. The zero-order chi connectivity index (χ0) is 32.6. The topological polar surface area (TPSA) is 7.76 Å². The van der Waals surface area contributed by atoms with Crippen LogP contribution in [0.1, 0.15) is 33.4 Å². The Morgan fingerprint density at radius 2 is 0.900 bits per heavy atom. The zero-order valence-corrected chi connectivity index (χ0v) is 27.2. The van der Waals surface area contributed by atoms with Crippen molar-refractivity contribution in [3.05, 3.63) is 216 Å². The second kappa shape index (κ2) is 9.19. The van der Waals surface area contributed by atoms with E-state index in [9.17, 15) is 0 Å². The molecule has 2 aliphatic heterocycles. The Labute approximate surface area is 290 Å². The van der Waals surface area contributed by atoms with Crippen LogP contribution in [0.4, 0.5) is 0 Å². The van der Waals surface area contributed by atoms with Gasteiger partial charge in [-0.1, -0.05) is 121 Å². The summed E-state index contributed by atoms with van der Waals surface area (Å²) in [5.74, 6) is 0. The zero-order valence-electron chi connectivity index (χ0n) is 27.2. The van der Waals surface area contributed by atoms with E-state index in [1.807, 2.05) is 0 Å². The quantitative estimate of drug-likeness (QED) is 0.167. The summed E-state index contributed by atoms with van der Waals surface area (Å²) < 4.78 is 5.14. The van der Waals surface area contributed by atoms with Crippen molar-refractivity contribution in [3.8, 4) is 55.9 Å². The fourth-order valence-electron chi connectivity index (χ4n) is 10.2. The average Bonchev–Trinajstić information content (AvgIpc) is 3.78. The van der Waals surface area contributed by atoms with Gasteiger partial charge in [0.15, 0.2) is 12.4 Å². The Balaban J connectivity index is 1.33. The highest BCUT2D eigenvalue weighted by Crippen LogP contribution is 2.65. The number of benzene rings is 6. The number of aromatic nitrogens is 2. The SMILES string of the molecule is c1ccc(-c2cc3c4c(c2)C2(c5ccccc5-c5ccccc52)c2cccc5c2C4([n+]2ccccc2-5)[n+]2ccc(-c4ccccc4)cc2-3)cc1. The van der Waals surface area contributed by atoms with Gasteiger partial charge < -0.3 is 0 Å². The number of pyridine rings is 2. The second-order valence-electron chi connectivity index (χ2n) is 14.0. The van der Waals surface area contributed by atoms with Gasteiger partial charge in [-0.15, -0.1) is 9.13 Å². The fourth-order valence-corrected chi connectivity index (χ4v) is 10.2. The maximum atomic E-state index is 2.58. The maximum Gasteiger partial charge on any atom is 0.418 e. The van der Waals surface area contributed by atoms with Crippen molar-refractivity contribution >= 4 is 0 Å². The number of fused-ring (bicyclic) bond motifs is 11. The number of hydrogen-bond donors (Lipinski definition) is 0. The Hall–Kier alpha value is -6.38. The standard InChI is InChI=1S/C48H30N2/c1-3-14-31(15-4-1)33-25-27-50-44(30-33)38-28-34(32-16-5-2-6-17-32)29-42-46(38)48(50)45-37(43-24-11-12-26-49(43)48)20-13-23-41(45)47(42)39-21-9-7-18-35(39)36-19-8-10-22-40(36)47/h1-30H/q+2. The molecule has 0 amide bonds.